The van der Waals surface area contributed by atoms with E-state index < -0.39 is 0 Å². The molecule has 3 aliphatic rings. The molecule has 12 heavy (non-hydrogen) atoms. The molecule has 1 amide bonds. The summed E-state index contributed by atoms with van der Waals surface area (Å²) in [5.74, 6) is 2.73. The molecule has 0 spiro atoms. The lowest BCUT2D eigenvalue weighted by atomic mass is 9.58. The van der Waals surface area contributed by atoms with E-state index in [0.717, 1.165) is 11.8 Å². The molecule has 0 N–H and O–H groups in total. The van der Waals surface area contributed by atoms with E-state index >= 15 is 0 Å². The number of hydrogen-bond acceptors (Lipinski definition) is 1. The lowest BCUT2D eigenvalue weighted by Gasteiger charge is -2.56. The second-order valence-corrected chi connectivity index (χ2v) is 4.69. The van der Waals surface area contributed by atoms with Gasteiger partial charge in [-0.05, 0) is 37.5 Å². The van der Waals surface area contributed by atoms with E-state index in [1.165, 1.54) is 25.7 Å². The van der Waals surface area contributed by atoms with Crippen LogP contribution < -0.4 is 0 Å². The van der Waals surface area contributed by atoms with Gasteiger partial charge in [-0.1, -0.05) is 0 Å². The molecule has 3 rings (SSSR count). The van der Waals surface area contributed by atoms with Gasteiger partial charge in [-0.25, -0.2) is 0 Å². The summed E-state index contributed by atoms with van der Waals surface area (Å²) in [6, 6.07) is 0.624. The Balaban J connectivity index is 1.78. The standard InChI is InChI=1S/C10H15NO/c1-11-9-5-7-3-2-6(7)4-8(9)10(11)12/h6-9H,2-5H2,1H3. The monoisotopic (exact) mass is 165 g/mol. The van der Waals surface area contributed by atoms with Crippen LogP contribution in [0.4, 0.5) is 0 Å². The minimum absolute atomic E-state index is 0.408. The molecule has 2 aliphatic carbocycles. The van der Waals surface area contributed by atoms with Gasteiger partial charge in [0.05, 0.1) is 5.92 Å². The number of carbonyl (C=O) groups excluding carboxylic acids is 1. The van der Waals surface area contributed by atoms with Crippen LogP contribution in [0.3, 0.4) is 0 Å². The summed E-state index contributed by atoms with van der Waals surface area (Å²) in [4.78, 5) is 13.4. The lowest BCUT2D eigenvalue weighted by Crippen LogP contribution is -2.63. The molecule has 1 heterocycles. The molecule has 1 aliphatic heterocycles. The Labute approximate surface area is 72.9 Å². The van der Waals surface area contributed by atoms with E-state index in [0.29, 0.717) is 17.9 Å². The molecule has 0 aromatic rings. The fourth-order valence-electron chi connectivity index (χ4n) is 3.25. The minimum atomic E-state index is 0.408. The number of nitrogens with zero attached hydrogens (tertiary/aromatic N) is 1. The van der Waals surface area contributed by atoms with E-state index in [1.54, 1.807) is 0 Å². The first-order valence-corrected chi connectivity index (χ1v) is 5.04. The summed E-state index contributed by atoms with van der Waals surface area (Å²) in [7, 11) is 1.96. The molecule has 4 atom stereocenters. The zero-order chi connectivity index (χ0) is 8.29. The Kier molecular flexibility index (Phi) is 1.18. The number of amides is 1. The molecule has 2 heteroatoms. The van der Waals surface area contributed by atoms with E-state index in [9.17, 15) is 4.79 Å². The Morgan fingerprint density at radius 2 is 1.92 bits per heavy atom. The normalized spacial score (nSPS) is 50.4. The Hall–Kier alpha value is -0.530. The summed E-state index contributed by atoms with van der Waals surface area (Å²) >= 11 is 0. The predicted molar refractivity (Wildman–Crippen MR) is 45.5 cm³/mol. The van der Waals surface area contributed by atoms with Gasteiger partial charge in [-0.3, -0.25) is 4.79 Å². The lowest BCUT2D eigenvalue weighted by molar-refractivity contribution is -0.164. The molecule has 66 valence electrons. The van der Waals surface area contributed by atoms with Gasteiger partial charge in [-0.15, -0.1) is 0 Å². The first-order valence-electron chi connectivity index (χ1n) is 5.04. The van der Waals surface area contributed by atoms with Crippen LogP contribution in [0.1, 0.15) is 25.7 Å². The first kappa shape index (κ1) is 6.93. The number of carbonyl (C=O) groups is 1. The maximum Gasteiger partial charge on any atom is 0.227 e. The fraction of sp³-hybridized carbons (Fsp3) is 0.900. The third-order valence-corrected chi connectivity index (χ3v) is 4.30. The third kappa shape index (κ3) is 0.644. The van der Waals surface area contributed by atoms with Gasteiger partial charge in [0.25, 0.3) is 0 Å². The smallest absolute Gasteiger partial charge is 0.227 e. The van der Waals surface area contributed by atoms with Crippen molar-refractivity contribution in [3.63, 3.8) is 0 Å². The highest BCUT2D eigenvalue weighted by Gasteiger charge is 2.53. The molecule has 1 saturated heterocycles. The highest BCUT2D eigenvalue weighted by molar-refractivity contribution is 5.86. The Bertz CT molecular complexity index is 238. The average Bonchev–Trinajstić information content (AvgIpc) is 2.05. The molecular weight excluding hydrogens is 150 g/mol. The number of β-lactam (4-membered cyclic amide) rings is 1. The summed E-state index contributed by atoms with van der Waals surface area (Å²) in [6.45, 7) is 0. The highest BCUT2D eigenvalue weighted by Crippen LogP contribution is 2.51. The second kappa shape index (κ2) is 2.04. The molecule has 0 aromatic heterocycles. The van der Waals surface area contributed by atoms with Crippen LogP contribution in [-0.2, 0) is 4.79 Å². The predicted octanol–water partition coefficient (Wildman–Crippen LogP) is 1.26. The van der Waals surface area contributed by atoms with E-state index in [2.05, 4.69) is 0 Å². The van der Waals surface area contributed by atoms with Gasteiger partial charge in [-0.2, -0.15) is 0 Å². The van der Waals surface area contributed by atoms with Gasteiger partial charge < -0.3 is 4.90 Å². The van der Waals surface area contributed by atoms with E-state index in [4.69, 9.17) is 0 Å². The Morgan fingerprint density at radius 3 is 2.58 bits per heavy atom. The van der Waals surface area contributed by atoms with Crippen molar-refractivity contribution < 1.29 is 4.79 Å². The maximum absolute atomic E-state index is 11.4. The number of likely N-dealkylation sites (tertiary alicyclic amines) is 1. The molecule has 0 bridgehead atoms. The molecule has 3 fully saturated rings. The first-order chi connectivity index (χ1) is 5.77. The van der Waals surface area contributed by atoms with Crippen molar-refractivity contribution in [3.05, 3.63) is 0 Å². The number of hydrogen-bond donors (Lipinski definition) is 0. The van der Waals surface area contributed by atoms with Gasteiger partial charge in [0.1, 0.15) is 0 Å². The van der Waals surface area contributed by atoms with Crippen LogP contribution in [0, 0.1) is 17.8 Å². The Morgan fingerprint density at radius 1 is 1.25 bits per heavy atom. The molecule has 2 saturated carbocycles. The van der Waals surface area contributed by atoms with Crippen LogP contribution >= 0.6 is 0 Å². The highest BCUT2D eigenvalue weighted by atomic mass is 16.2. The quantitative estimate of drug-likeness (QED) is 0.495. The zero-order valence-electron chi connectivity index (χ0n) is 7.49. The summed E-state index contributed by atoms with van der Waals surface area (Å²) in [6.07, 6.45) is 5.33. The summed E-state index contributed by atoms with van der Waals surface area (Å²) < 4.78 is 0. The third-order valence-electron chi connectivity index (χ3n) is 4.30. The van der Waals surface area contributed by atoms with Crippen molar-refractivity contribution in [2.24, 2.45) is 17.8 Å². The van der Waals surface area contributed by atoms with Gasteiger partial charge in [0.15, 0.2) is 0 Å². The second-order valence-electron chi connectivity index (χ2n) is 4.69. The SMILES string of the molecule is CN1C(=O)C2CC3CCC3CC21. The van der Waals surface area contributed by atoms with Crippen LogP contribution in [0.15, 0.2) is 0 Å². The van der Waals surface area contributed by atoms with E-state index in [1.807, 2.05) is 11.9 Å². The van der Waals surface area contributed by atoms with Gasteiger partial charge in [0, 0.05) is 13.1 Å². The summed E-state index contributed by atoms with van der Waals surface area (Å²) in [5, 5.41) is 0. The van der Waals surface area contributed by atoms with Crippen molar-refractivity contribution in [1.29, 1.82) is 0 Å². The zero-order valence-corrected chi connectivity index (χ0v) is 7.49. The maximum atomic E-state index is 11.4. The van der Waals surface area contributed by atoms with Crippen LogP contribution in [-0.4, -0.2) is 23.9 Å². The van der Waals surface area contributed by atoms with Crippen LogP contribution in [0.25, 0.3) is 0 Å². The van der Waals surface area contributed by atoms with E-state index in [-0.39, 0.29) is 0 Å². The van der Waals surface area contributed by atoms with Crippen LogP contribution in [0.5, 0.6) is 0 Å². The van der Waals surface area contributed by atoms with Crippen molar-refractivity contribution >= 4 is 5.91 Å². The molecular formula is C10H15NO. The fourth-order valence-corrected chi connectivity index (χ4v) is 3.25. The van der Waals surface area contributed by atoms with Crippen molar-refractivity contribution in [2.75, 3.05) is 7.05 Å². The van der Waals surface area contributed by atoms with Crippen molar-refractivity contribution in [1.82, 2.24) is 4.90 Å². The summed E-state index contributed by atoms with van der Waals surface area (Å²) in [5.41, 5.74) is 0. The molecule has 0 aromatic carbocycles. The average molecular weight is 165 g/mol. The van der Waals surface area contributed by atoms with Crippen LogP contribution in [0.2, 0.25) is 0 Å². The minimum Gasteiger partial charge on any atom is -0.342 e. The molecule has 2 nitrogen and oxygen atoms in total. The van der Waals surface area contributed by atoms with Crippen molar-refractivity contribution in [3.8, 4) is 0 Å². The molecule has 4 unspecified atom stereocenters. The van der Waals surface area contributed by atoms with Crippen molar-refractivity contribution in [2.45, 2.75) is 31.7 Å². The topological polar surface area (TPSA) is 20.3 Å². The number of fused-ring (bicyclic) bond motifs is 2. The number of rotatable bonds is 0. The molecule has 0 radical (unpaired) electrons. The van der Waals surface area contributed by atoms with Gasteiger partial charge in [0.2, 0.25) is 5.91 Å². The largest absolute Gasteiger partial charge is 0.342 e. The van der Waals surface area contributed by atoms with Gasteiger partial charge >= 0.3 is 0 Å².